The van der Waals surface area contributed by atoms with E-state index in [0.29, 0.717) is 12.1 Å². The molecule has 0 aliphatic heterocycles. The maximum absolute atomic E-state index is 12.0. The summed E-state index contributed by atoms with van der Waals surface area (Å²) in [6, 6.07) is 17.0. The highest BCUT2D eigenvalue weighted by molar-refractivity contribution is 7.92. The van der Waals surface area contributed by atoms with Crippen molar-refractivity contribution < 1.29 is 8.42 Å². The molecule has 2 aromatic carbocycles. The van der Waals surface area contributed by atoms with Gasteiger partial charge in [-0.1, -0.05) is 42.5 Å². The van der Waals surface area contributed by atoms with Crippen LogP contribution in [0.5, 0.6) is 0 Å². The predicted octanol–water partition coefficient (Wildman–Crippen LogP) is 2.98. The molecule has 0 saturated heterocycles. The van der Waals surface area contributed by atoms with Crippen molar-refractivity contribution in [2.24, 2.45) is 0 Å². The number of aryl methyl sites for hydroxylation is 2. The second kappa shape index (κ2) is 5.89. The van der Waals surface area contributed by atoms with E-state index in [1.807, 2.05) is 55.5 Å². The fourth-order valence-electron chi connectivity index (χ4n) is 1.84. The first-order chi connectivity index (χ1) is 9.05. The van der Waals surface area contributed by atoms with Crippen molar-refractivity contribution >= 4 is 15.7 Å². The monoisotopic (exact) mass is 275 g/mol. The summed E-state index contributed by atoms with van der Waals surface area (Å²) in [4.78, 5) is 0. The summed E-state index contributed by atoms with van der Waals surface area (Å²) in [5, 5.41) is 0. The Bertz CT molecular complexity index is 636. The number of hydrogen-bond donors (Lipinski definition) is 1. The molecule has 2 aromatic rings. The molecular formula is C15H17NO2S. The van der Waals surface area contributed by atoms with Gasteiger partial charge in [0.25, 0.3) is 0 Å². The zero-order chi connectivity index (χ0) is 13.7. The fraction of sp³-hybridized carbons (Fsp3) is 0.200. The number of nitrogens with one attached hydrogen (secondary N) is 1. The molecule has 0 unspecified atom stereocenters. The standard InChI is InChI=1S/C15H17NO2S/c1-13-6-5-9-15(12-13)16-19(17,18)11-10-14-7-3-2-4-8-14/h2-9,12,16H,10-11H2,1H3. The van der Waals surface area contributed by atoms with Crippen molar-refractivity contribution in [2.75, 3.05) is 10.5 Å². The Balaban J connectivity index is 1.99. The molecule has 1 N–H and O–H groups in total. The normalized spacial score (nSPS) is 11.2. The summed E-state index contributed by atoms with van der Waals surface area (Å²) in [5.74, 6) is 0.0882. The molecule has 3 nitrogen and oxygen atoms in total. The third kappa shape index (κ3) is 4.41. The largest absolute Gasteiger partial charge is 0.284 e. The summed E-state index contributed by atoms with van der Waals surface area (Å²) in [6.07, 6.45) is 0.516. The molecule has 0 spiro atoms. The Morgan fingerprint density at radius 2 is 1.74 bits per heavy atom. The Morgan fingerprint density at radius 1 is 1.00 bits per heavy atom. The van der Waals surface area contributed by atoms with Crippen LogP contribution in [0.15, 0.2) is 54.6 Å². The predicted molar refractivity (Wildman–Crippen MR) is 78.7 cm³/mol. The lowest BCUT2D eigenvalue weighted by Gasteiger charge is -2.08. The number of anilines is 1. The summed E-state index contributed by atoms with van der Waals surface area (Å²) in [6.45, 7) is 1.93. The average Bonchev–Trinajstić information content (AvgIpc) is 2.37. The van der Waals surface area contributed by atoms with E-state index in [1.54, 1.807) is 6.07 Å². The van der Waals surface area contributed by atoms with Crippen molar-refractivity contribution in [1.29, 1.82) is 0 Å². The average molecular weight is 275 g/mol. The van der Waals surface area contributed by atoms with Crippen LogP contribution in [0.4, 0.5) is 5.69 Å². The van der Waals surface area contributed by atoms with E-state index in [-0.39, 0.29) is 5.75 Å². The van der Waals surface area contributed by atoms with Crippen molar-refractivity contribution in [3.05, 3.63) is 65.7 Å². The highest BCUT2D eigenvalue weighted by Gasteiger charge is 2.10. The Hall–Kier alpha value is -1.81. The molecule has 0 radical (unpaired) electrons. The molecule has 0 atom stereocenters. The Labute approximate surface area is 114 Å². The van der Waals surface area contributed by atoms with Crippen molar-refractivity contribution in [2.45, 2.75) is 13.3 Å². The molecule has 4 heteroatoms. The lowest BCUT2D eigenvalue weighted by atomic mass is 10.2. The first-order valence-corrected chi connectivity index (χ1v) is 7.81. The second-order valence-corrected chi connectivity index (χ2v) is 6.37. The van der Waals surface area contributed by atoms with Gasteiger partial charge in [-0.05, 0) is 36.6 Å². The van der Waals surface area contributed by atoms with Crippen molar-refractivity contribution in [3.8, 4) is 0 Å². The molecule has 0 aliphatic rings. The van der Waals surface area contributed by atoms with Gasteiger partial charge in [0, 0.05) is 5.69 Å². The first-order valence-electron chi connectivity index (χ1n) is 6.16. The molecule has 0 amide bonds. The molecule has 19 heavy (non-hydrogen) atoms. The van der Waals surface area contributed by atoms with Gasteiger partial charge in [-0.25, -0.2) is 8.42 Å². The van der Waals surface area contributed by atoms with E-state index in [2.05, 4.69) is 4.72 Å². The molecule has 0 aromatic heterocycles. The third-order valence-corrected chi connectivity index (χ3v) is 4.08. The SMILES string of the molecule is Cc1cccc(NS(=O)(=O)CCc2ccccc2)c1. The van der Waals surface area contributed by atoms with Gasteiger partial charge in [-0.15, -0.1) is 0 Å². The van der Waals surface area contributed by atoms with E-state index >= 15 is 0 Å². The lowest BCUT2D eigenvalue weighted by molar-refractivity contribution is 0.600. The minimum atomic E-state index is -3.30. The number of rotatable bonds is 5. The van der Waals surface area contributed by atoms with Crippen LogP contribution < -0.4 is 4.72 Å². The van der Waals surface area contributed by atoms with Gasteiger partial charge in [0.2, 0.25) is 10.0 Å². The summed E-state index contributed by atoms with van der Waals surface area (Å²) >= 11 is 0. The molecule has 0 fully saturated rings. The summed E-state index contributed by atoms with van der Waals surface area (Å²) < 4.78 is 26.5. The zero-order valence-corrected chi connectivity index (χ0v) is 11.7. The van der Waals surface area contributed by atoms with Gasteiger partial charge in [0.1, 0.15) is 0 Å². The smallest absolute Gasteiger partial charge is 0.233 e. The second-order valence-electron chi connectivity index (χ2n) is 4.53. The number of hydrogen-bond acceptors (Lipinski definition) is 2. The van der Waals surface area contributed by atoms with Crippen LogP contribution >= 0.6 is 0 Å². The molecule has 0 bridgehead atoms. The molecule has 0 heterocycles. The zero-order valence-electron chi connectivity index (χ0n) is 10.8. The van der Waals surface area contributed by atoms with Crippen LogP contribution in [0.25, 0.3) is 0 Å². The summed E-state index contributed by atoms with van der Waals surface area (Å²) in [5.41, 5.74) is 2.67. The Kier molecular flexibility index (Phi) is 4.22. The highest BCUT2D eigenvalue weighted by atomic mass is 32.2. The molecular weight excluding hydrogens is 258 g/mol. The van der Waals surface area contributed by atoms with Gasteiger partial charge < -0.3 is 0 Å². The van der Waals surface area contributed by atoms with Gasteiger partial charge in [-0.3, -0.25) is 4.72 Å². The van der Waals surface area contributed by atoms with Gasteiger partial charge >= 0.3 is 0 Å². The molecule has 2 rings (SSSR count). The van der Waals surface area contributed by atoms with Crippen LogP contribution in [0.3, 0.4) is 0 Å². The maximum Gasteiger partial charge on any atom is 0.233 e. The fourth-order valence-corrected chi connectivity index (χ4v) is 2.93. The quantitative estimate of drug-likeness (QED) is 0.912. The van der Waals surface area contributed by atoms with Crippen LogP contribution in [-0.2, 0) is 16.4 Å². The first kappa shape index (κ1) is 13.6. The van der Waals surface area contributed by atoms with E-state index in [4.69, 9.17) is 0 Å². The minimum Gasteiger partial charge on any atom is -0.284 e. The van der Waals surface area contributed by atoms with Crippen molar-refractivity contribution in [3.63, 3.8) is 0 Å². The number of sulfonamides is 1. The van der Waals surface area contributed by atoms with Crippen LogP contribution in [0, 0.1) is 6.92 Å². The minimum absolute atomic E-state index is 0.0882. The van der Waals surface area contributed by atoms with E-state index < -0.39 is 10.0 Å². The van der Waals surface area contributed by atoms with Crippen LogP contribution in [0.1, 0.15) is 11.1 Å². The lowest BCUT2D eigenvalue weighted by Crippen LogP contribution is -2.18. The van der Waals surface area contributed by atoms with Gasteiger partial charge in [0.15, 0.2) is 0 Å². The highest BCUT2D eigenvalue weighted by Crippen LogP contribution is 2.12. The topological polar surface area (TPSA) is 46.2 Å². The van der Waals surface area contributed by atoms with E-state index in [1.165, 1.54) is 0 Å². The molecule has 100 valence electrons. The van der Waals surface area contributed by atoms with Gasteiger partial charge in [0.05, 0.1) is 5.75 Å². The van der Waals surface area contributed by atoms with Crippen LogP contribution in [0.2, 0.25) is 0 Å². The van der Waals surface area contributed by atoms with Gasteiger partial charge in [-0.2, -0.15) is 0 Å². The summed E-state index contributed by atoms with van der Waals surface area (Å²) in [7, 11) is -3.30. The molecule has 0 saturated carbocycles. The Morgan fingerprint density at radius 3 is 2.42 bits per heavy atom. The number of benzene rings is 2. The van der Waals surface area contributed by atoms with Crippen molar-refractivity contribution in [1.82, 2.24) is 0 Å². The van der Waals surface area contributed by atoms with E-state index in [0.717, 1.165) is 11.1 Å². The molecule has 0 aliphatic carbocycles. The van der Waals surface area contributed by atoms with E-state index in [9.17, 15) is 8.42 Å². The van der Waals surface area contributed by atoms with Crippen LogP contribution in [-0.4, -0.2) is 14.2 Å². The third-order valence-electron chi connectivity index (χ3n) is 2.79. The maximum atomic E-state index is 12.0.